The van der Waals surface area contributed by atoms with E-state index < -0.39 is 17.9 Å². The van der Waals surface area contributed by atoms with Gasteiger partial charge in [0.1, 0.15) is 6.04 Å². The lowest BCUT2D eigenvalue weighted by Gasteiger charge is -2.12. The molecule has 0 aliphatic rings. The van der Waals surface area contributed by atoms with Gasteiger partial charge in [0.2, 0.25) is 0 Å². The fraction of sp³-hybridized carbons (Fsp3) is 0.133. The van der Waals surface area contributed by atoms with Crippen molar-refractivity contribution in [3.63, 3.8) is 0 Å². The summed E-state index contributed by atoms with van der Waals surface area (Å²) < 4.78 is 0. The number of nitrogens with zero attached hydrogens (tertiary/aromatic N) is 1. The molecule has 0 saturated heterocycles. The maximum absolute atomic E-state index is 12.0. The highest BCUT2D eigenvalue weighted by molar-refractivity contribution is 5.99. The number of carbonyl (C=O) groups excluding carboxylic acids is 1. The SMILES string of the molecule is C=CC[C@@H](NC(=O)c1cnc2ccccc2c1)C(=O)O. The largest absolute Gasteiger partial charge is 0.480 e. The number of benzene rings is 1. The van der Waals surface area contributed by atoms with Crippen LogP contribution in [0.15, 0.2) is 49.2 Å². The standard InChI is InChI=1S/C15H14N2O3/c1-2-5-13(15(19)20)17-14(18)11-8-10-6-3-4-7-12(10)16-9-11/h2-4,6-9,13H,1,5H2,(H,17,18)(H,19,20)/t13-/m1/s1. The Kier molecular flexibility index (Phi) is 4.10. The predicted octanol–water partition coefficient (Wildman–Crippen LogP) is 1.99. The molecule has 0 bridgehead atoms. The van der Waals surface area contributed by atoms with Crippen molar-refractivity contribution in [3.05, 3.63) is 54.7 Å². The maximum Gasteiger partial charge on any atom is 0.326 e. The van der Waals surface area contributed by atoms with Gasteiger partial charge in [-0.15, -0.1) is 6.58 Å². The summed E-state index contributed by atoms with van der Waals surface area (Å²) in [6.07, 6.45) is 3.06. The van der Waals surface area contributed by atoms with E-state index >= 15 is 0 Å². The van der Waals surface area contributed by atoms with E-state index in [0.717, 1.165) is 10.9 Å². The molecule has 1 aromatic carbocycles. The number of pyridine rings is 1. The summed E-state index contributed by atoms with van der Waals surface area (Å²) in [7, 11) is 0. The molecule has 0 unspecified atom stereocenters. The molecule has 0 radical (unpaired) electrons. The molecule has 1 atom stereocenters. The Balaban J connectivity index is 2.22. The number of aliphatic carboxylic acids is 1. The average Bonchev–Trinajstić information content (AvgIpc) is 2.46. The zero-order valence-corrected chi connectivity index (χ0v) is 10.7. The van der Waals surface area contributed by atoms with Gasteiger partial charge in [-0.1, -0.05) is 24.3 Å². The average molecular weight is 270 g/mol. The van der Waals surface area contributed by atoms with Gasteiger partial charge < -0.3 is 10.4 Å². The Labute approximate surface area is 115 Å². The third kappa shape index (κ3) is 3.00. The van der Waals surface area contributed by atoms with Crippen molar-refractivity contribution in [2.24, 2.45) is 0 Å². The molecule has 0 aliphatic heterocycles. The Morgan fingerprint density at radius 1 is 1.40 bits per heavy atom. The smallest absolute Gasteiger partial charge is 0.326 e. The molecule has 2 N–H and O–H groups in total. The van der Waals surface area contributed by atoms with Crippen molar-refractivity contribution in [1.29, 1.82) is 0 Å². The van der Waals surface area contributed by atoms with Gasteiger partial charge in [-0.05, 0) is 18.6 Å². The minimum absolute atomic E-state index is 0.169. The molecular formula is C15H14N2O3. The van der Waals surface area contributed by atoms with Gasteiger partial charge in [0.25, 0.3) is 5.91 Å². The van der Waals surface area contributed by atoms with E-state index in [-0.39, 0.29) is 6.42 Å². The lowest BCUT2D eigenvalue weighted by atomic mass is 10.1. The second-order valence-electron chi connectivity index (χ2n) is 4.31. The number of carbonyl (C=O) groups is 2. The highest BCUT2D eigenvalue weighted by Gasteiger charge is 2.19. The molecule has 0 saturated carbocycles. The topological polar surface area (TPSA) is 79.3 Å². The number of amides is 1. The number of carboxylic acid groups (broad SMARTS) is 1. The number of carboxylic acids is 1. The normalized spacial score (nSPS) is 11.8. The highest BCUT2D eigenvalue weighted by atomic mass is 16.4. The molecular weight excluding hydrogens is 256 g/mol. The van der Waals surface area contributed by atoms with E-state index in [9.17, 15) is 9.59 Å². The number of para-hydroxylation sites is 1. The van der Waals surface area contributed by atoms with Gasteiger partial charge in [0, 0.05) is 11.6 Å². The number of nitrogens with one attached hydrogen (secondary N) is 1. The Hall–Kier alpha value is -2.69. The van der Waals surface area contributed by atoms with Gasteiger partial charge in [-0.3, -0.25) is 9.78 Å². The summed E-state index contributed by atoms with van der Waals surface area (Å²) in [6.45, 7) is 3.48. The Bertz CT molecular complexity index is 667. The minimum atomic E-state index is -1.09. The monoisotopic (exact) mass is 270 g/mol. The first kappa shape index (κ1) is 13.7. The lowest BCUT2D eigenvalue weighted by molar-refractivity contribution is -0.139. The van der Waals surface area contributed by atoms with Gasteiger partial charge in [-0.2, -0.15) is 0 Å². The van der Waals surface area contributed by atoms with Crippen molar-refractivity contribution in [3.8, 4) is 0 Å². The van der Waals surface area contributed by atoms with Gasteiger partial charge >= 0.3 is 5.97 Å². The van der Waals surface area contributed by atoms with Crippen LogP contribution in [-0.2, 0) is 4.79 Å². The van der Waals surface area contributed by atoms with E-state index in [2.05, 4.69) is 16.9 Å². The molecule has 1 amide bonds. The third-order valence-electron chi connectivity index (χ3n) is 2.86. The second-order valence-corrected chi connectivity index (χ2v) is 4.31. The van der Waals surface area contributed by atoms with Crippen molar-refractivity contribution >= 4 is 22.8 Å². The molecule has 1 heterocycles. The van der Waals surface area contributed by atoms with Crippen LogP contribution in [0.1, 0.15) is 16.8 Å². The van der Waals surface area contributed by atoms with Crippen molar-refractivity contribution < 1.29 is 14.7 Å². The van der Waals surface area contributed by atoms with Crippen LogP contribution in [0.3, 0.4) is 0 Å². The van der Waals surface area contributed by atoms with E-state index in [1.54, 1.807) is 6.07 Å². The number of aromatic nitrogens is 1. The molecule has 20 heavy (non-hydrogen) atoms. The first-order valence-electron chi connectivity index (χ1n) is 6.11. The third-order valence-corrected chi connectivity index (χ3v) is 2.86. The van der Waals surface area contributed by atoms with Crippen molar-refractivity contribution in [2.45, 2.75) is 12.5 Å². The van der Waals surface area contributed by atoms with Crippen LogP contribution >= 0.6 is 0 Å². The van der Waals surface area contributed by atoms with Crippen molar-refractivity contribution in [1.82, 2.24) is 10.3 Å². The molecule has 0 fully saturated rings. The van der Waals surface area contributed by atoms with Crippen LogP contribution in [0, 0.1) is 0 Å². The summed E-state index contributed by atoms with van der Waals surface area (Å²) in [6, 6.07) is 8.10. The fourth-order valence-electron chi connectivity index (χ4n) is 1.82. The summed E-state index contributed by atoms with van der Waals surface area (Å²) in [5.74, 6) is -1.55. The second kappa shape index (κ2) is 5.97. The van der Waals surface area contributed by atoms with Crippen LogP contribution in [0.25, 0.3) is 10.9 Å². The van der Waals surface area contributed by atoms with Crippen molar-refractivity contribution in [2.75, 3.05) is 0 Å². The molecule has 2 rings (SSSR count). The van der Waals surface area contributed by atoms with E-state index in [0.29, 0.717) is 5.56 Å². The zero-order chi connectivity index (χ0) is 14.5. The summed E-state index contributed by atoms with van der Waals surface area (Å²) >= 11 is 0. The minimum Gasteiger partial charge on any atom is -0.480 e. The van der Waals surface area contributed by atoms with Crippen LogP contribution in [0.2, 0.25) is 0 Å². The summed E-state index contributed by atoms with van der Waals surface area (Å²) in [4.78, 5) is 27.2. The first-order valence-corrected chi connectivity index (χ1v) is 6.11. The summed E-state index contributed by atoms with van der Waals surface area (Å²) in [5, 5.41) is 12.3. The predicted molar refractivity (Wildman–Crippen MR) is 75.4 cm³/mol. The van der Waals surface area contributed by atoms with Gasteiger partial charge in [0.15, 0.2) is 0 Å². The number of fused-ring (bicyclic) bond motifs is 1. The first-order chi connectivity index (χ1) is 9.61. The van der Waals surface area contributed by atoms with Gasteiger partial charge in [-0.25, -0.2) is 4.79 Å². The quantitative estimate of drug-likeness (QED) is 0.814. The molecule has 0 aliphatic carbocycles. The maximum atomic E-state index is 12.0. The van der Waals surface area contributed by atoms with Crippen LogP contribution in [0.5, 0.6) is 0 Å². The van der Waals surface area contributed by atoms with Crippen LogP contribution in [0.4, 0.5) is 0 Å². The van der Waals surface area contributed by atoms with Crippen LogP contribution in [-0.4, -0.2) is 28.0 Å². The molecule has 1 aromatic heterocycles. The zero-order valence-electron chi connectivity index (χ0n) is 10.7. The molecule has 2 aromatic rings. The lowest BCUT2D eigenvalue weighted by Crippen LogP contribution is -2.40. The van der Waals surface area contributed by atoms with Crippen LogP contribution < -0.4 is 5.32 Å². The Morgan fingerprint density at radius 3 is 2.85 bits per heavy atom. The van der Waals surface area contributed by atoms with E-state index in [1.807, 2.05) is 24.3 Å². The molecule has 102 valence electrons. The van der Waals surface area contributed by atoms with Gasteiger partial charge in [0.05, 0.1) is 11.1 Å². The number of hydrogen-bond donors (Lipinski definition) is 2. The highest BCUT2D eigenvalue weighted by Crippen LogP contribution is 2.12. The van der Waals surface area contributed by atoms with E-state index in [1.165, 1.54) is 12.3 Å². The molecule has 0 spiro atoms. The molecule has 5 nitrogen and oxygen atoms in total. The number of rotatable bonds is 5. The fourth-order valence-corrected chi connectivity index (χ4v) is 1.82. The number of hydrogen-bond acceptors (Lipinski definition) is 3. The molecule has 5 heteroatoms. The van der Waals surface area contributed by atoms with E-state index in [4.69, 9.17) is 5.11 Å². The summed E-state index contributed by atoms with van der Waals surface area (Å²) in [5.41, 5.74) is 1.11. The Morgan fingerprint density at radius 2 is 2.15 bits per heavy atom.